The zero-order chi connectivity index (χ0) is 20.7. The Morgan fingerprint density at radius 3 is 2.23 bits per heavy atom. The van der Waals surface area contributed by atoms with E-state index in [0.717, 1.165) is 51.8 Å². The Morgan fingerprint density at radius 2 is 1.60 bits per heavy atom. The molecular weight excluding hydrogens is 438 g/mol. The Bertz CT molecular complexity index is 867. The lowest BCUT2D eigenvalue weighted by atomic mass is 9.54. The molecule has 0 aliphatic heterocycles. The zero-order valence-electron chi connectivity index (χ0n) is 18.0. The Balaban J connectivity index is 1.33. The van der Waals surface area contributed by atoms with Gasteiger partial charge in [-0.3, -0.25) is 0 Å². The van der Waals surface area contributed by atoms with E-state index in [-0.39, 0.29) is 0 Å². The van der Waals surface area contributed by atoms with Crippen molar-refractivity contribution < 1.29 is 9.47 Å². The minimum atomic E-state index is 0.540. The molecule has 4 heteroatoms. The summed E-state index contributed by atoms with van der Waals surface area (Å²) in [5.74, 6) is 5.38. The summed E-state index contributed by atoms with van der Waals surface area (Å²) in [5, 5.41) is 3.95. The van der Waals surface area contributed by atoms with Crippen molar-refractivity contribution in [3.05, 3.63) is 57.6 Å². The van der Waals surface area contributed by atoms with Crippen LogP contribution in [0.5, 0.6) is 11.5 Å². The lowest BCUT2D eigenvalue weighted by Crippen LogP contribution is -2.54. The predicted octanol–water partition coefficient (Wildman–Crippen LogP) is 6.26. The minimum absolute atomic E-state index is 0.540. The number of hydrogen-bond acceptors (Lipinski definition) is 3. The third-order valence-corrected chi connectivity index (χ3v) is 8.38. The first kappa shape index (κ1) is 20.4. The third-order valence-electron chi connectivity index (χ3n) is 7.63. The molecule has 0 amide bonds. The van der Waals surface area contributed by atoms with E-state index < -0.39 is 0 Å². The second kappa shape index (κ2) is 8.55. The SMILES string of the molecule is COc1ccc(Br)c(CNC2C3CC4CC(C3)CC2C4)c1OCc1ccc(C)cc1. The molecule has 2 aromatic rings. The summed E-state index contributed by atoms with van der Waals surface area (Å²) < 4.78 is 13.1. The Hall–Kier alpha value is -1.52. The van der Waals surface area contributed by atoms with Gasteiger partial charge in [0.1, 0.15) is 6.61 Å². The summed E-state index contributed by atoms with van der Waals surface area (Å²) >= 11 is 3.77. The van der Waals surface area contributed by atoms with Gasteiger partial charge in [-0.05, 0) is 80.4 Å². The Kier molecular flexibility index (Phi) is 5.81. The van der Waals surface area contributed by atoms with Gasteiger partial charge in [-0.1, -0.05) is 45.8 Å². The van der Waals surface area contributed by atoms with Gasteiger partial charge in [-0.15, -0.1) is 0 Å². The fourth-order valence-electron chi connectivity index (χ4n) is 6.38. The predicted molar refractivity (Wildman–Crippen MR) is 124 cm³/mol. The van der Waals surface area contributed by atoms with E-state index >= 15 is 0 Å². The van der Waals surface area contributed by atoms with E-state index in [0.29, 0.717) is 12.6 Å². The van der Waals surface area contributed by atoms with E-state index in [1.165, 1.54) is 43.2 Å². The second-order valence-electron chi connectivity index (χ2n) is 9.67. The first-order valence-corrected chi connectivity index (χ1v) is 12.2. The van der Waals surface area contributed by atoms with Crippen LogP contribution in [0.3, 0.4) is 0 Å². The van der Waals surface area contributed by atoms with Crippen molar-refractivity contribution in [1.29, 1.82) is 0 Å². The quantitative estimate of drug-likeness (QED) is 0.518. The number of methoxy groups -OCH3 is 1. The van der Waals surface area contributed by atoms with Gasteiger partial charge in [-0.25, -0.2) is 0 Å². The zero-order valence-corrected chi connectivity index (χ0v) is 19.6. The van der Waals surface area contributed by atoms with Gasteiger partial charge in [0, 0.05) is 22.6 Å². The summed E-state index contributed by atoms with van der Waals surface area (Å²) in [6, 6.07) is 13.2. The maximum Gasteiger partial charge on any atom is 0.167 e. The van der Waals surface area contributed by atoms with Crippen molar-refractivity contribution in [2.75, 3.05) is 7.11 Å². The largest absolute Gasteiger partial charge is 0.493 e. The van der Waals surface area contributed by atoms with E-state index in [2.05, 4.69) is 58.5 Å². The van der Waals surface area contributed by atoms with Crippen LogP contribution in [0, 0.1) is 30.6 Å². The molecule has 0 unspecified atom stereocenters. The van der Waals surface area contributed by atoms with Gasteiger partial charge in [0.05, 0.1) is 7.11 Å². The number of nitrogens with one attached hydrogen (secondary N) is 1. The molecule has 0 saturated heterocycles. The Morgan fingerprint density at radius 1 is 0.933 bits per heavy atom. The molecule has 4 fully saturated rings. The van der Waals surface area contributed by atoms with Gasteiger partial charge in [-0.2, -0.15) is 0 Å². The number of halogens is 1. The lowest BCUT2D eigenvalue weighted by Gasteiger charge is -2.54. The van der Waals surface area contributed by atoms with Crippen molar-refractivity contribution in [3.63, 3.8) is 0 Å². The standard InChI is InChI=1S/C26H32BrNO2/c1-16-3-5-17(6-4-16)15-30-26-22(23(27)7-8-24(26)29-2)14-28-25-20-10-18-9-19(12-20)13-21(25)11-18/h3-8,18-21,25,28H,9-15H2,1-2H3. The van der Waals surface area contributed by atoms with E-state index in [1.54, 1.807) is 7.11 Å². The third kappa shape index (κ3) is 4.01. The maximum absolute atomic E-state index is 6.33. The monoisotopic (exact) mass is 469 g/mol. The molecule has 6 rings (SSSR count). The molecular formula is C26H32BrNO2. The molecule has 4 saturated carbocycles. The molecule has 30 heavy (non-hydrogen) atoms. The smallest absolute Gasteiger partial charge is 0.167 e. The maximum atomic E-state index is 6.33. The van der Waals surface area contributed by atoms with Crippen molar-refractivity contribution >= 4 is 15.9 Å². The van der Waals surface area contributed by atoms with E-state index in [4.69, 9.17) is 9.47 Å². The molecule has 0 radical (unpaired) electrons. The topological polar surface area (TPSA) is 30.5 Å². The molecule has 3 nitrogen and oxygen atoms in total. The van der Waals surface area contributed by atoms with Gasteiger partial charge in [0.25, 0.3) is 0 Å². The number of aryl methyl sites for hydroxylation is 1. The van der Waals surface area contributed by atoms with Crippen LogP contribution in [-0.4, -0.2) is 13.2 Å². The highest BCUT2D eigenvalue weighted by molar-refractivity contribution is 9.10. The average Bonchev–Trinajstić information content (AvgIpc) is 2.73. The minimum Gasteiger partial charge on any atom is -0.493 e. The van der Waals surface area contributed by atoms with Gasteiger partial charge >= 0.3 is 0 Å². The summed E-state index contributed by atoms with van der Waals surface area (Å²) in [6.07, 6.45) is 7.22. The molecule has 0 heterocycles. The van der Waals surface area contributed by atoms with Gasteiger partial charge in [0.2, 0.25) is 0 Å². The molecule has 0 atom stereocenters. The van der Waals surface area contributed by atoms with Crippen molar-refractivity contribution in [2.24, 2.45) is 23.7 Å². The molecule has 4 aliphatic carbocycles. The summed E-state index contributed by atoms with van der Waals surface area (Å²) in [4.78, 5) is 0. The normalized spacial score (nSPS) is 29.2. The highest BCUT2D eigenvalue weighted by Crippen LogP contribution is 2.53. The van der Waals surface area contributed by atoms with Crippen molar-refractivity contribution in [3.8, 4) is 11.5 Å². The molecule has 1 N–H and O–H groups in total. The van der Waals surface area contributed by atoms with Gasteiger partial charge in [0.15, 0.2) is 11.5 Å². The van der Waals surface area contributed by atoms with Crippen LogP contribution in [0.1, 0.15) is 48.8 Å². The van der Waals surface area contributed by atoms with Crippen LogP contribution < -0.4 is 14.8 Å². The summed E-state index contributed by atoms with van der Waals surface area (Å²) in [5.41, 5.74) is 3.59. The average molecular weight is 470 g/mol. The van der Waals surface area contributed by atoms with E-state index in [9.17, 15) is 0 Å². The van der Waals surface area contributed by atoms with Crippen molar-refractivity contribution in [2.45, 2.75) is 58.2 Å². The molecule has 0 spiro atoms. The van der Waals surface area contributed by atoms with Crippen LogP contribution in [0.4, 0.5) is 0 Å². The number of ether oxygens (including phenoxy) is 2. The number of benzene rings is 2. The van der Waals surface area contributed by atoms with Crippen LogP contribution >= 0.6 is 15.9 Å². The van der Waals surface area contributed by atoms with Crippen LogP contribution in [0.15, 0.2) is 40.9 Å². The highest BCUT2D eigenvalue weighted by atomic mass is 79.9. The lowest BCUT2D eigenvalue weighted by molar-refractivity contribution is -0.0143. The number of hydrogen-bond donors (Lipinski definition) is 1. The Labute approximate surface area is 188 Å². The first-order chi connectivity index (χ1) is 14.6. The summed E-state index contributed by atoms with van der Waals surface area (Å²) in [6.45, 7) is 3.46. The van der Waals surface area contributed by atoms with E-state index in [1.807, 2.05) is 6.07 Å². The van der Waals surface area contributed by atoms with Crippen LogP contribution in [0.2, 0.25) is 0 Å². The molecule has 4 aliphatic rings. The molecule has 0 aromatic heterocycles. The number of rotatable bonds is 7. The fourth-order valence-corrected chi connectivity index (χ4v) is 6.84. The van der Waals surface area contributed by atoms with Crippen LogP contribution in [0.25, 0.3) is 0 Å². The summed E-state index contributed by atoms with van der Waals surface area (Å²) in [7, 11) is 1.72. The second-order valence-corrected chi connectivity index (χ2v) is 10.5. The van der Waals surface area contributed by atoms with Crippen molar-refractivity contribution in [1.82, 2.24) is 5.32 Å². The molecule has 2 aromatic carbocycles. The van der Waals surface area contributed by atoms with Crippen LogP contribution in [-0.2, 0) is 13.2 Å². The molecule has 4 bridgehead atoms. The molecule has 160 valence electrons. The first-order valence-electron chi connectivity index (χ1n) is 11.4. The fraction of sp³-hybridized carbons (Fsp3) is 0.538. The van der Waals surface area contributed by atoms with Gasteiger partial charge < -0.3 is 14.8 Å². The highest BCUT2D eigenvalue weighted by Gasteiger charge is 2.47.